The van der Waals surface area contributed by atoms with Crippen molar-refractivity contribution in [3.63, 3.8) is 0 Å². The molecule has 20 rings (SSSR count). The zero-order valence-electron chi connectivity index (χ0n) is 60.9. The smallest absolute Gasteiger partial charge is 0.252 e. The maximum Gasteiger partial charge on any atom is 0.252 e. The first-order valence-corrected chi connectivity index (χ1v) is 38.4. The summed E-state index contributed by atoms with van der Waals surface area (Å²) in [6.45, 7) is 1.57. The van der Waals surface area contributed by atoms with Crippen molar-refractivity contribution in [3.05, 3.63) is 439 Å². The zero-order chi connectivity index (χ0) is 72.9. The van der Waals surface area contributed by atoms with Crippen molar-refractivity contribution in [1.82, 2.24) is 14.9 Å². The van der Waals surface area contributed by atoms with Gasteiger partial charge in [-0.2, -0.15) is 0 Å². The Kier molecular flexibility index (Phi) is 17.0. The van der Waals surface area contributed by atoms with Crippen LogP contribution in [0.15, 0.2) is 400 Å². The van der Waals surface area contributed by atoms with Gasteiger partial charge < -0.3 is 19.7 Å². The molecule has 0 saturated carbocycles. The van der Waals surface area contributed by atoms with Crippen LogP contribution < -0.4 is 31.5 Å². The van der Waals surface area contributed by atoms with Crippen LogP contribution in [0.3, 0.4) is 0 Å². The molecule has 6 heteroatoms. The van der Waals surface area contributed by atoms with Crippen molar-refractivity contribution in [1.29, 1.82) is 0 Å². The number of nitrogens with zero attached hydrogens (tertiary/aromatic N) is 4. The van der Waals surface area contributed by atoms with Crippen molar-refractivity contribution < 1.29 is 0 Å². The van der Waals surface area contributed by atoms with E-state index in [9.17, 15) is 0 Å². The number of benzene rings is 15. The largest absolute Gasteiger partial charge is 0.381 e. The highest BCUT2D eigenvalue weighted by atomic mass is 15.2. The molecule has 15 aromatic carbocycles. The Balaban J connectivity index is 0.896. The lowest BCUT2D eigenvalue weighted by Gasteiger charge is -2.45. The van der Waals surface area contributed by atoms with Gasteiger partial charge in [0.2, 0.25) is 0 Å². The Morgan fingerprint density at radius 3 is 1.15 bits per heavy atom. The molecule has 0 atom stereocenters. The van der Waals surface area contributed by atoms with E-state index >= 15 is 0 Å². The highest BCUT2D eigenvalue weighted by Crippen LogP contribution is 2.48. The van der Waals surface area contributed by atoms with Gasteiger partial charge in [-0.3, -0.25) is 4.98 Å². The maximum absolute atomic E-state index is 5.30. The Bertz CT molecular complexity index is 6130. The number of aromatic nitrogens is 2. The van der Waals surface area contributed by atoms with Gasteiger partial charge in [0.15, 0.2) is 0 Å². The number of allylic oxidation sites excluding steroid dienone is 2. The molecule has 0 unspecified atom stereocenters. The molecule has 5 nitrogen and oxygen atoms in total. The van der Waals surface area contributed by atoms with Crippen molar-refractivity contribution in [2.75, 3.05) is 16.3 Å². The average Bonchev–Trinajstić information content (AvgIpc) is 0.899. The minimum Gasteiger partial charge on any atom is -0.381 e. The number of para-hydroxylation sites is 2. The van der Waals surface area contributed by atoms with Crippen LogP contribution in [-0.2, 0) is 25.9 Å². The molecule has 0 amide bonds. The molecule has 0 fully saturated rings. The number of pyridine rings is 1. The third kappa shape index (κ3) is 11.9. The highest BCUT2D eigenvalue weighted by molar-refractivity contribution is 7.00. The van der Waals surface area contributed by atoms with Gasteiger partial charge in [-0.15, -0.1) is 0 Å². The van der Waals surface area contributed by atoms with Crippen LogP contribution in [0.5, 0.6) is 0 Å². The van der Waals surface area contributed by atoms with E-state index in [0.29, 0.717) is 25.9 Å². The van der Waals surface area contributed by atoms with E-state index in [1.54, 1.807) is 0 Å². The Hall–Kier alpha value is -13.8. The molecule has 3 aliphatic rings. The van der Waals surface area contributed by atoms with E-state index in [4.69, 9.17) is 4.98 Å². The molecule has 0 spiro atoms. The van der Waals surface area contributed by atoms with E-state index in [1.807, 2.05) is 6.20 Å². The van der Waals surface area contributed by atoms with Gasteiger partial charge in [-0.1, -0.05) is 346 Å². The van der Waals surface area contributed by atoms with Gasteiger partial charge in [-0.05, 0) is 165 Å². The standard InChI is InChI=1S/C104H76BN5/c1-9-31-73(32-10-1)82-49-29-50-83(74-33-11-2-12-34-74)92(82)69-108-98-57-55-71(63-90-86(77-39-17-5-18-40-77)59-61-106-103(90)79-43-21-7-22-44-79)65-94(98)105-95-66-72(64-91-87(78-41-19-6-20-42-78)60-62-107-104(91)80-45-23-8-24-46-80)56-58-99(95)109(70-93-84(75-35-13-3-14-36-75)51-30-52-85(93)76-37-15-4-16-38-76)101-68-81(67-100(108)102(101)105)110-96-53-27-25-47-88(96)89-48-26-28-54-97(89)110/h1-61,65-68,107H,62-64,69-70H2. The summed E-state index contributed by atoms with van der Waals surface area (Å²) in [5.74, 6) is 0. The third-order valence-electron chi connectivity index (χ3n) is 22.8. The molecular weight excluding hydrogens is 1330 g/mol. The van der Waals surface area contributed by atoms with E-state index in [0.717, 1.165) is 57.2 Å². The lowest BCUT2D eigenvalue weighted by Crippen LogP contribution is -2.62. The predicted octanol–water partition coefficient (Wildman–Crippen LogP) is 23.2. The summed E-state index contributed by atoms with van der Waals surface area (Å²) in [5, 5.41) is 6.37. The van der Waals surface area contributed by atoms with Crippen molar-refractivity contribution in [2.45, 2.75) is 25.9 Å². The average molecular weight is 1410 g/mol. The summed E-state index contributed by atoms with van der Waals surface area (Å²) in [5.41, 5.74) is 38.0. The predicted molar refractivity (Wildman–Crippen MR) is 462 cm³/mol. The second kappa shape index (κ2) is 28.5. The van der Waals surface area contributed by atoms with Gasteiger partial charge in [0, 0.05) is 83.5 Å². The van der Waals surface area contributed by atoms with E-state index in [-0.39, 0.29) is 6.71 Å². The normalized spacial score (nSPS) is 12.9. The molecule has 0 radical (unpaired) electrons. The second-order valence-electron chi connectivity index (χ2n) is 29.1. The number of anilines is 4. The summed E-state index contributed by atoms with van der Waals surface area (Å²) in [6.07, 6.45) is 5.71. The summed E-state index contributed by atoms with van der Waals surface area (Å²) >= 11 is 0. The van der Waals surface area contributed by atoms with Crippen LogP contribution in [0.4, 0.5) is 22.7 Å². The molecule has 0 saturated heterocycles. The third-order valence-corrected chi connectivity index (χ3v) is 22.8. The van der Waals surface area contributed by atoms with Crippen LogP contribution in [0.2, 0.25) is 0 Å². The van der Waals surface area contributed by atoms with Crippen molar-refractivity contribution in [3.8, 4) is 72.6 Å². The minimum atomic E-state index is -0.257. The van der Waals surface area contributed by atoms with E-state index < -0.39 is 0 Å². The monoisotopic (exact) mass is 1410 g/mol. The molecule has 2 aromatic heterocycles. The molecule has 3 aliphatic heterocycles. The minimum absolute atomic E-state index is 0.257. The maximum atomic E-state index is 5.30. The van der Waals surface area contributed by atoms with Crippen LogP contribution in [0, 0.1) is 0 Å². The Morgan fingerprint density at radius 1 is 0.318 bits per heavy atom. The second-order valence-corrected chi connectivity index (χ2v) is 29.1. The van der Waals surface area contributed by atoms with Gasteiger partial charge in [0.25, 0.3) is 6.71 Å². The lowest BCUT2D eigenvalue weighted by molar-refractivity contribution is 0.958. The molecular formula is C104H76BN5. The summed E-state index contributed by atoms with van der Waals surface area (Å²) < 4.78 is 2.54. The van der Waals surface area contributed by atoms with Crippen molar-refractivity contribution >= 4 is 78.9 Å². The topological polar surface area (TPSA) is 36.3 Å². The molecule has 17 aromatic rings. The number of nitrogens with one attached hydrogen (secondary N) is 1. The fourth-order valence-corrected chi connectivity index (χ4v) is 17.9. The Morgan fingerprint density at radius 2 is 0.700 bits per heavy atom. The fraction of sp³-hybridized carbons (Fsp3) is 0.0481. The highest BCUT2D eigenvalue weighted by Gasteiger charge is 2.44. The number of rotatable bonds is 17. The first kappa shape index (κ1) is 65.7. The number of hydrogen-bond donors (Lipinski definition) is 1. The zero-order valence-corrected chi connectivity index (χ0v) is 60.9. The van der Waals surface area contributed by atoms with E-state index in [2.05, 4.69) is 408 Å². The van der Waals surface area contributed by atoms with Gasteiger partial charge in [0.05, 0.1) is 22.4 Å². The summed E-state index contributed by atoms with van der Waals surface area (Å²) in [4.78, 5) is 10.7. The molecule has 520 valence electrons. The van der Waals surface area contributed by atoms with Crippen molar-refractivity contribution in [2.24, 2.45) is 0 Å². The number of fused-ring (bicyclic) bond motifs is 7. The van der Waals surface area contributed by atoms with Crippen LogP contribution >= 0.6 is 0 Å². The fourth-order valence-electron chi connectivity index (χ4n) is 17.9. The van der Waals surface area contributed by atoms with Gasteiger partial charge in [-0.25, -0.2) is 0 Å². The van der Waals surface area contributed by atoms with E-state index in [1.165, 1.54) is 139 Å². The molecule has 1 N–H and O–H groups in total. The summed E-state index contributed by atoms with van der Waals surface area (Å²) in [7, 11) is 0. The molecule has 0 bridgehead atoms. The van der Waals surface area contributed by atoms with Crippen LogP contribution in [0.1, 0.15) is 38.9 Å². The first-order valence-electron chi connectivity index (χ1n) is 38.4. The van der Waals surface area contributed by atoms with Gasteiger partial charge in [0.1, 0.15) is 0 Å². The lowest BCUT2D eigenvalue weighted by atomic mass is 9.33. The van der Waals surface area contributed by atoms with Crippen LogP contribution in [-0.4, -0.2) is 22.8 Å². The molecule has 5 heterocycles. The number of hydrogen-bond acceptors (Lipinski definition) is 4. The Labute approximate surface area is 643 Å². The first-order chi connectivity index (χ1) is 54.6. The quantitative estimate of drug-likeness (QED) is 0.0922. The molecule has 0 aliphatic carbocycles. The number of dihydropyridines is 1. The van der Waals surface area contributed by atoms with Gasteiger partial charge >= 0.3 is 0 Å². The van der Waals surface area contributed by atoms with Crippen LogP contribution in [0.25, 0.3) is 106 Å². The summed E-state index contributed by atoms with van der Waals surface area (Å²) in [6, 6.07) is 142. The SMILES string of the molecule is C1=C(c2ccccc2)C(Cc2ccc3c(c2)B2c4cc(Cc5c(-c6ccccc6)ccnc5-c5ccccc5)ccc4N(Cc4c(-c5ccccc5)cccc4-c4ccccc4)c4cc(-n5c6ccccc6c6ccccc65)cc(c42)N3Cc2c(-c3ccccc3)cccc2-c2ccccc2)=C(c2ccccc2)NC1. The molecule has 110 heavy (non-hydrogen) atoms.